The van der Waals surface area contributed by atoms with Crippen molar-refractivity contribution in [2.75, 3.05) is 14.2 Å². The SMILES string of the molecule is COc1ccc(C2/C(=C(/O)c3ccc(OC)c(C(C)(C)C)c3)C(=O)C(=O)N2Cc2ccco2)cc1. The molecule has 0 bridgehead atoms. The number of carbonyl (C=O) groups is 2. The van der Waals surface area contributed by atoms with Crippen molar-refractivity contribution in [3.63, 3.8) is 0 Å². The number of aliphatic hydroxyl groups is 1. The molecule has 0 saturated carbocycles. The summed E-state index contributed by atoms with van der Waals surface area (Å²) in [5, 5.41) is 11.4. The molecule has 0 spiro atoms. The molecule has 1 N–H and O–H groups in total. The minimum absolute atomic E-state index is 0.0248. The van der Waals surface area contributed by atoms with Gasteiger partial charge < -0.3 is 23.9 Å². The molecule has 2 aromatic carbocycles. The minimum atomic E-state index is -0.800. The Morgan fingerprint density at radius 3 is 2.31 bits per heavy atom. The second kappa shape index (κ2) is 9.33. The third-order valence-electron chi connectivity index (χ3n) is 6.16. The third-order valence-corrected chi connectivity index (χ3v) is 6.16. The largest absolute Gasteiger partial charge is 0.507 e. The van der Waals surface area contributed by atoms with Crippen LogP contribution in [0.2, 0.25) is 0 Å². The van der Waals surface area contributed by atoms with E-state index in [-0.39, 0.29) is 23.3 Å². The van der Waals surface area contributed by atoms with Gasteiger partial charge in [-0.3, -0.25) is 9.59 Å². The molecule has 4 rings (SSSR count). The molecule has 1 saturated heterocycles. The Kier molecular flexibility index (Phi) is 6.43. The zero-order valence-electron chi connectivity index (χ0n) is 20.5. The molecule has 1 aliphatic heterocycles. The standard InChI is InChI=1S/C28H29NO6/c1-28(2,3)21-15-18(10-13-22(21)34-5)25(30)23-24(17-8-11-19(33-4)12-9-17)29(27(32)26(23)31)16-20-7-6-14-35-20/h6-15,24,30H,16H2,1-5H3/b25-23-. The molecule has 1 atom stereocenters. The lowest BCUT2D eigenvalue weighted by Crippen LogP contribution is -2.29. The molecule has 1 aliphatic rings. The van der Waals surface area contributed by atoms with Gasteiger partial charge in [-0.15, -0.1) is 0 Å². The summed E-state index contributed by atoms with van der Waals surface area (Å²) in [6, 6.07) is 15.0. The smallest absolute Gasteiger partial charge is 0.296 e. The number of nitrogens with zero attached hydrogens (tertiary/aromatic N) is 1. The lowest BCUT2D eigenvalue weighted by molar-refractivity contribution is -0.140. The van der Waals surface area contributed by atoms with Gasteiger partial charge in [0.1, 0.15) is 23.0 Å². The summed E-state index contributed by atoms with van der Waals surface area (Å²) in [4.78, 5) is 27.9. The first-order valence-corrected chi connectivity index (χ1v) is 11.3. The molecule has 0 radical (unpaired) electrons. The van der Waals surface area contributed by atoms with Crippen molar-refractivity contribution in [1.29, 1.82) is 0 Å². The van der Waals surface area contributed by atoms with Gasteiger partial charge in [0, 0.05) is 11.1 Å². The van der Waals surface area contributed by atoms with Gasteiger partial charge in [0.2, 0.25) is 0 Å². The molecular formula is C28H29NO6. The highest BCUT2D eigenvalue weighted by Gasteiger charge is 2.46. The first-order valence-electron chi connectivity index (χ1n) is 11.3. The number of rotatable bonds is 6. The van der Waals surface area contributed by atoms with Gasteiger partial charge in [0.15, 0.2) is 0 Å². The summed E-state index contributed by atoms with van der Waals surface area (Å²) >= 11 is 0. The molecule has 1 aromatic heterocycles. The molecule has 7 heteroatoms. The van der Waals surface area contributed by atoms with Crippen molar-refractivity contribution in [2.45, 2.75) is 38.8 Å². The monoisotopic (exact) mass is 475 g/mol. The fraction of sp³-hybridized carbons (Fsp3) is 0.286. The number of carbonyl (C=O) groups excluding carboxylic acids is 2. The number of furan rings is 1. The number of hydrogen-bond donors (Lipinski definition) is 1. The van der Waals surface area contributed by atoms with Crippen LogP contribution in [0.5, 0.6) is 11.5 Å². The van der Waals surface area contributed by atoms with Crippen LogP contribution in [0, 0.1) is 0 Å². The lowest BCUT2D eigenvalue weighted by Gasteiger charge is -2.25. The quantitative estimate of drug-likeness (QED) is 0.299. The summed E-state index contributed by atoms with van der Waals surface area (Å²) in [7, 11) is 3.16. The first-order chi connectivity index (χ1) is 16.7. The van der Waals surface area contributed by atoms with Gasteiger partial charge in [-0.1, -0.05) is 32.9 Å². The number of amides is 1. The van der Waals surface area contributed by atoms with Crippen LogP contribution in [-0.2, 0) is 21.5 Å². The Morgan fingerprint density at radius 1 is 1.03 bits per heavy atom. The summed E-state index contributed by atoms with van der Waals surface area (Å²) in [5.74, 6) is 0.168. The van der Waals surface area contributed by atoms with E-state index < -0.39 is 17.7 Å². The lowest BCUT2D eigenvalue weighted by atomic mass is 9.84. The highest BCUT2D eigenvalue weighted by atomic mass is 16.5. The second-order valence-electron chi connectivity index (χ2n) is 9.44. The molecule has 7 nitrogen and oxygen atoms in total. The zero-order valence-corrected chi connectivity index (χ0v) is 20.5. The van der Waals surface area contributed by atoms with Crippen LogP contribution in [0.1, 0.15) is 49.3 Å². The molecule has 0 aliphatic carbocycles. The maximum absolute atomic E-state index is 13.3. The van der Waals surface area contributed by atoms with E-state index in [1.54, 1.807) is 68.8 Å². The van der Waals surface area contributed by atoms with Crippen molar-refractivity contribution < 1.29 is 28.6 Å². The molecule has 1 fully saturated rings. The van der Waals surface area contributed by atoms with Crippen molar-refractivity contribution in [3.05, 3.63) is 88.9 Å². The molecule has 1 unspecified atom stereocenters. The van der Waals surface area contributed by atoms with E-state index in [0.29, 0.717) is 28.4 Å². The third kappa shape index (κ3) is 4.54. The number of ketones is 1. The predicted octanol–water partition coefficient (Wildman–Crippen LogP) is 5.22. The molecule has 2 heterocycles. The number of Topliss-reactive ketones (excluding diaryl/α,β-unsaturated/α-hetero) is 1. The summed E-state index contributed by atoms with van der Waals surface area (Å²) < 4.78 is 16.2. The van der Waals surface area contributed by atoms with Gasteiger partial charge >= 0.3 is 0 Å². The van der Waals surface area contributed by atoms with Gasteiger partial charge in [-0.2, -0.15) is 0 Å². The van der Waals surface area contributed by atoms with Crippen molar-refractivity contribution >= 4 is 17.4 Å². The highest BCUT2D eigenvalue weighted by Crippen LogP contribution is 2.42. The van der Waals surface area contributed by atoms with Crippen LogP contribution in [0.4, 0.5) is 0 Å². The predicted molar refractivity (Wildman–Crippen MR) is 131 cm³/mol. The van der Waals surface area contributed by atoms with E-state index in [2.05, 4.69) is 0 Å². The van der Waals surface area contributed by atoms with Gasteiger partial charge in [0.25, 0.3) is 11.7 Å². The van der Waals surface area contributed by atoms with E-state index in [1.165, 1.54) is 11.2 Å². The van der Waals surface area contributed by atoms with Crippen molar-refractivity contribution in [2.24, 2.45) is 0 Å². The Labute approximate surface area is 204 Å². The average Bonchev–Trinajstić information content (AvgIpc) is 3.45. The topological polar surface area (TPSA) is 89.2 Å². The molecule has 3 aromatic rings. The van der Waals surface area contributed by atoms with E-state index in [4.69, 9.17) is 13.9 Å². The molecule has 1 amide bonds. The summed E-state index contributed by atoms with van der Waals surface area (Å²) in [5.41, 5.74) is 1.72. The first kappa shape index (κ1) is 24.1. The Hall–Kier alpha value is -4.00. The van der Waals surface area contributed by atoms with E-state index in [1.807, 2.05) is 20.8 Å². The summed E-state index contributed by atoms with van der Waals surface area (Å²) in [6.07, 6.45) is 1.51. The average molecular weight is 476 g/mol. The number of ether oxygens (including phenoxy) is 2. The van der Waals surface area contributed by atoms with E-state index >= 15 is 0 Å². The van der Waals surface area contributed by atoms with Gasteiger partial charge in [-0.25, -0.2) is 0 Å². The van der Waals surface area contributed by atoms with E-state index in [0.717, 1.165) is 5.56 Å². The number of methoxy groups -OCH3 is 2. The van der Waals surface area contributed by atoms with Crippen LogP contribution in [-0.4, -0.2) is 35.9 Å². The zero-order chi connectivity index (χ0) is 25.3. The maximum atomic E-state index is 13.3. The Balaban J connectivity index is 1.88. The Morgan fingerprint density at radius 2 is 1.74 bits per heavy atom. The molecule has 35 heavy (non-hydrogen) atoms. The van der Waals surface area contributed by atoms with Crippen LogP contribution in [0.25, 0.3) is 5.76 Å². The molecular weight excluding hydrogens is 446 g/mol. The maximum Gasteiger partial charge on any atom is 0.296 e. The highest BCUT2D eigenvalue weighted by molar-refractivity contribution is 6.46. The van der Waals surface area contributed by atoms with E-state index in [9.17, 15) is 14.7 Å². The van der Waals surface area contributed by atoms with Crippen LogP contribution in [0.15, 0.2) is 70.9 Å². The van der Waals surface area contributed by atoms with Gasteiger partial charge in [0.05, 0.1) is 38.6 Å². The minimum Gasteiger partial charge on any atom is -0.507 e. The molecule has 182 valence electrons. The fourth-order valence-corrected chi connectivity index (χ4v) is 4.34. The van der Waals surface area contributed by atoms with Crippen LogP contribution >= 0.6 is 0 Å². The van der Waals surface area contributed by atoms with Crippen LogP contribution < -0.4 is 9.47 Å². The van der Waals surface area contributed by atoms with Crippen molar-refractivity contribution in [1.82, 2.24) is 4.90 Å². The Bertz CT molecular complexity index is 1270. The second-order valence-corrected chi connectivity index (χ2v) is 9.44. The fourth-order valence-electron chi connectivity index (χ4n) is 4.34. The normalized spacial score (nSPS) is 17.6. The number of benzene rings is 2. The number of likely N-dealkylation sites (tertiary alicyclic amines) is 1. The van der Waals surface area contributed by atoms with Crippen LogP contribution in [0.3, 0.4) is 0 Å². The van der Waals surface area contributed by atoms with Gasteiger partial charge in [-0.05, 0) is 53.4 Å². The van der Waals surface area contributed by atoms with Crippen molar-refractivity contribution in [3.8, 4) is 11.5 Å². The summed E-state index contributed by atoms with van der Waals surface area (Å²) in [6.45, 7) is 6.19. The number of aliphatic hydroxyl groups excluding tert-OH is 1. The number of hydrogen-bond acceptors (Lipinski definition) is 6.